The van der Waals surface area contributed by atoms with Crippen LogP contribution < -0.4 is 16.4 Å². The molecule has 2 amide bonds. The molecule has 1 heterocycles. The van der Waals surface area contributed by atoms with Crippen LogP contribution >= 0.6 is 0 Å². The maximum Gasteiger partial charge on any atom is 0.229 e. The van der Waals surface area contributed by atoms with Gasteiger partial charge in [0.05, 0.1) is 12.3 Å². The highest BCUT2D eigenvalue weighted by Gasteiger charge is 2.22. The number of anilines is 2. The molecule has 5 nitrogen and oxygen atoms in total. The molecule has 1 aromatic carbocycles. The van der Waals surface area contributed by atoms with Crippen LogP contribution in [0.3, 0.4) is 0 Å². The molecular weight excluding hydrogens is 242 g/mol. The van der Waals surface area contributed by atoms with Crippen molar-refractivity contribution in [3.8, 4) is 0 Å². The molecule has 4 N–H and O–H groups in total. The largest absolute Gasteiger partial charge is 0.330 e. The van der Waals surface area contributed by atoms with E-state index >= 15 is 0 Å². The molecule has 102 valence electrons. The number of nitrogens with one attached hydrogen (secondary N) is 2. The van der Waals surface area contributed by atoms with Gasteiger partial charge in [0.2, 0.25) is 11.8 Å². The van der Waals surface area contributed by atoms with E-state index < -0.39 is 0 Å². The number of hydrogen-bond donors (Lipinski definition) is 3. The topological polar surface area (TPSA) is 84.2 Å². The van der Waals surface area contributed by atoms with Gasteiger partial charge in [0.25, 0.3) is 0 Å². The highest BCUT2D eigenvalue weighted by Crippen LogP contribution is 2.26. The number of benzene rings is 1. The summed E-state index contributed by atoms with van der Waals surface area (Å²) >= 11 is 0. The fourth-order valence-electron chi connectivity index (χ4n) is 2.22. The van der Waals surface area contributed by atoms with Gasteiger partial charge >= 0.3 is 0 Å². The Morgan fingerprint density at radius 3 is 2.84 bits per heavy atom. The molecule has 0 saturated heterocycles. The third-order valence-corrected chi connectivity index (χ3v) is 3.39. The number of carbonyl (C=O) groups excluding carboxylic acids is 2. The van der Waals surface area contributed by atoms with Gasteiger partial charge in [-0.15, -0.1) is 0 Å². The van der Waals surface area contributed by atoms with E-state index in [0.29, 0.717) is 18.7 Å². The average Bonchev–Trinajstić information content (AvgIpc) is 2.68. The highest BCUT2D eigenvalue weighted by molar-refractivity contribution is 6.00. The minimum atomic E-state index is -0.201. The van der Waals surface area contributed by atoms with Gasteiger partial charge in [0.15, 0.2) is 0 Å². The molecule has 1 aliphatic heterocycles. The van der Waals surface area contributed by atoms with Crippen molar-refractivity contribution in [3.05, 3.63) is 23.8 Å². The molecule has 1 aromatic rings. The molecule has 1 atom stereocenters. The van der Waals surface area contributed by atoms with E-state index in [0.717, 1.165) is 11.3 Å². The number of rotatable bonds is 4. The van der Waals surface area contributed by atoms with Gasteiger partial charge in [-0.3, -0.25) is 9.59 Å². The van der Waals surface area contributed by atoms with E-state index in [-0.39, 0.29) is 23.7 Å². The Balaban J connectivity index is 2.10. The summed E-state index contributed by atoms with van der Waals surface area (Å²) < 4.78 is 0. The smallest absolute Gasteiger partial charge is 0.229 e. The Bertz CT molecular complexity index is 511. The van der Waals surface area contributed by atoms with E-state index in [1.54, 1.807) is 6.07 Å². The molecule has 1 unspecified atom stereocenters. The molecule has 0 spiro atoms. The fourth-order valence-corrected chi connectivity index (χ4v) is 2.22. The van der Waals surface area contributed by atoms with Gasteiger partial charge in [-0.25, -0.2) is 0 Å². The van der Waals surface area contributed by atoms with Crippen LogP contribution in [0.1, 0.15) is 19.4 Å². The zero-order valence-corrected chi connectivity index (χ0v) is 11.2. The zero-order chi connectivity index (χ0) is 14.0. The van der Waals surface area contributed by atoms with Crippen molar-refractivity contribution >= 4 is 23.2 Å². The second-order valence-corrected chi connectivity index (χ2v) is 5.17. The first-order chi connectivity index (χ1) is 9.01. The summed E-state index contributed by atoms with van der Waals surface area (Å²) in [5.41, 5.74) is 8.06. The molecule has 2 rings (SSSR count). The predicted molar refractivity (Wildman–Crippen MR) is 74.8 cm³/mol. The Morgan fingerprint density at radius 1 is 1.47 bits per heavy atom. The van der Waals surface area contributed by atoms with Crippen LogP contribution in [0.4, 0.5) is 11.4 Å². The van der Waals surface area contributed by atoms with Crippen molar-refractivity contribution in [1.29, 1.82) is 0 Å². The molecular formula is C14H19N3O2. The number of fused-ring (bicyclic) bond motifs is 1. The molecule has 0 fully saturated rings. The van der Waals surface area contributed by atoms with Crippen LogP contribution in [0, 0.1) is 11.8 Å². The first kappa shape index (κ1) is 13.5. The summed E-state index contributed by atoms with van der Waals surface area (Å²) in [5.74, 6) is -0.0918. The van der Waals surface area contributed by atoms with Crippen LogP contribution in [0.2, 0.25) is 0 Å². The second kappa shape index (κ2) is 5.40. The Labute approximate surface area is 112 Å². The third kappa shape index (κ3) is 2.93. The lowest BCUT2D eigenvalue weighted by Crippen LogP contribution is -2.33. The van der Waals surface area contributed by atoms with E-state index in [2.05, 4.69) is 10.6 Å². The monoisotopic (exact) mass is 261 g/mol. The van der Waals surface area contributed by atoms with E-state index in [4.69, 9.17) is 5.73 Å². The van der Waals surface area contributed by atoms with Crippen molar-refractivity contribution in [2.45, 2.75) is 20.3 Å². The first-order valence-corrected chi connectivity index (χ1v) is 6.45. The number of carbonyl (C=O) groups is 2. The van der Waals surface area contributed by atoms with Crippen LogP contribution in [0.15, 0.2) is 18.2 Å². The lowest BCUT2D eigenvalue weighted by Gasteiger charge is -2.18. The van der Waals surface area contributed by atoms with E-state index in [1.807, 2.05) is 26.0 Å². The summed E-state index contributed by atoms with van der Waals surface area (Å²) in [6, 6.07) is 5.43. The summed E-state index contributed by atoms with van der Waals surface area (Å²) in [7, 11) is 0. The molecule has 1 aliphatic rings. The first-order valence-electron chi connectivity index (χ1n) is 6.45. The highest BCUT2D eigenvalue weighted by atomic mass is 16.2. The molecule has 0 radical (unpaired) electrons. The lowest BCUT2D eigenvalue weighted by molar-refractivity contribution is -0.120. The summed E-state index contributed by atoms with van der Waals surface area (Å²) in [6.07, 6.45) is 0.365. The summed E-state index contributed by atoms with van der Waals surface area (Å²) in [5, 5.41) is 5.62. The van der Waals surface area contributed by atoms with Gasteiger partial charge in [0, 0.05) is 17.9 Å². The molecule has 0 saturated carbocycles. The van der Waals surface area contributed by atoms with Gasteiger partial charge in [-0.1, -0.05) is 13.8 Å². The predicted octanol–water partition coefficient (Wildman–Crippen LogP) is 1.35. The van der Waals surface area contributed by atoms with Crippen LogP contribution in [-0.2, 0) is 16.0 Å². The quantitative estimate of drug-likeness (QED) is 0.765. The lowest BCUT2D eigenvalue weighted by atomic mass is 9.95. The molecule has 19 heavy (non-hydrogen) atoms. The average molecular weight is 261 g/mol. The van der Waals surface area contributed by atoms with Crippen LogP contribution in [0.25, 0.3) is 0 Å². The third-order valence-electron chi connectivity index (χ3n) is 3.39. The fraction of sp³-hybridized carbons (Fsp3) is 0.429. The second-order valence-electron chi connectivity index (χ2n) is 5.17. The summed E-state index contributed by atoms with van der Waals surface area (Å²) in [6.45, 7) is 4.28. The zero-order valence-electron chi connectivity index (χ0n) is 11.2. The summed E-state index contributed by atoms with van der Waals surface area (Å²) in [4.78, 5) is 23.3. The minimum Gasteiger partial charge on any atom is -0.330 e. The number of hydrogen-bond acceptors (Lipinski definition) is 3. The van der Waals surface area contributed by atoms with E-state index in [1.165, 1.54) is 0 Å². The minimum absolute atomic E-state index is 0.0134. The van der Waals surface area contributed by atoms with Crippen molar-refractivity contribution in [2.24, 2.45) is 17.6 Å². The van der Waals surface area contributed by atoms with Gasteiger partial charge in [-0.2, -0.15) is 0 Å². The van der Waals surface area contributed by atoms with E-state index in [9.17, 15) is 9.59 Å². The maximum atomic E-state index is 12.1. The Hall–Kier alpha value is -1.88. The van der Waals surface area contributed by atoms with Crippen molar-refractivity contribution < 1.29 is 9.59 Å². The molecule has 0 aliphatic carbocycles. The standard InChI is InChI=1S/C14H19N3O2/c1-8(2)11(7-15)14(19)16-10-3-4-12-9(5-10)6-13(18)17-12/h3-5,8,11H,6-7,15H2,1-2H3,(H,16,19)(H,17,18). The van der Waals surface area contributed by atoms with Crippen molar-refractivity contribution in [1.82, 2.24) is 0 Å². The Morgan fingerprint density at radius 2 is 2.21 bits per heavy atom. The number of nitrogens with two attached hydrogens (primary N) is 1. The SMILES string of the molecule is CC(C)C(CN)C(=O)Nc1ccc2c(c1)CC(=O)N2. The Kier molecular flexibility index (Phi) is 3.85. The van der Waals surface area contributed by atoms with Crippen molar-refractivity contribution in [3.63, 3.8) is 0 Å². The van der Waals surface area contributed by atoms with Gasteiger partial charge in [0.1, 0.15) is 0 Å². The normalized spacial score (nSPS) is 15.1. The van der Waals surface area contributed by atoms with Crippen LogP contribution in [-0.4, -0.2) is 18.4 Å². The van der Waals surface area contributed by atoms with Crippen molar-refractivity contribution in [2.75, 3.05) is 17.2 Å². The van der Waals surface area contributed by atoms with Crippen LogP contribution in [0.5, 0.6) is 0 Å². The maximum absolute atomic E-state index is 12.1. The van der Waals surface area contributed by atoms with Gasteiger partial charge in [-0.05, 0) is 29.7 Å². The number of amides is 2. The van der Waals surface area contributed by atoms with Gasteiger partial charge < -0.3 is 16.4 Å². The molecule has 0 bridgehead atoms. The molecule has 5 heteroatoms. The molecule has 0 aromatic heterocycles.